The third kappa shape index (κ3) is 2.83. The number of Topliss-reactive ketones (excluding diaryl/α,β-unsaturated/α-hetero) is 1. The van der Waals surface area contributed by atoms with Crippen molar-refractivity contribution >= 4 is 21.7 Å². The standard InChI is InChI=1S/C12H12BrNO2/c1-8(15)12(13)11-4-3-10(16-2)7-9(11)5-6-14/h3-4,7,12H,5H2,1-2H3. The number of carbonyl (C=O) groups is 1. The van der Waals surface area contributed by atoms with Gasteiger partial charge >= 0.3 is 0 Å². The SMILES string of the molecule is COc1ccc(C(Br)C(C)=O)c(CC#N)c1. The van der Waals surface area contributed by atoms with E-state index in [2.05, 4.69) is 22.0 Å². The van der Waals surface area contributed by atoms with Gasteiger partial charge in [-0.1, -0.05) is 22.0 Å². The van der Waals surface area contributed by atoms with Crippen molar-refractivity contribution in [3.8, 4) is 11.8 Å². The molecule has 0 saturated carbocycles. The lowest BCUT2D eigenvalue weighted by Gasteiger charge is -2.12. The van der Waals surface area contributed by atoms with Gasteiger partial charge in [0.05, 0.1) is 24.4 Å². The first-order chi connectivity index (χ1) is 7.60. The van der Waals surface area contributed by atoms with Crippen LogP contribution >= 0.6 is 15.9 Å². The monoisotopic (exact) mass is 281 g/mol. The Hall–Kier alpha value is -1.34. The lowest BCUT2D eigenvalue weighted by Crippen LogP contribution is -2.05. The van der Waals surface area contributed by atoms with Gasteiger partial charge in [-0.3, -0.25) is 4.79 Å². The van der Waals surface area contributed by atoms with E-state index in [0.29, 0.717) is 5.75 Å². The summed E-state index contributed by atoms with van der Waals surface area (Å²) in [4.78, 5) is 10.9. The fraction of sp³-hybridized carbons (Fsp3) is 0.333. The number of nitrogens with zero attached hydrogens (tertiary/aromatic N) is 1. The second-order valence-electron chi connectivity index (χ2n) is 3.37. The van der Waals surface area contributed by atoms with E-state index >= 15 is 0 Å². The molecule has 0 N–H and O–H groups in total. The van der Waals surface area contributed by atoms with E-state index in [1.165, 1.54) is 6.92 Å². The average Bonchev–Trinajstić information content (AvgIpc) is 2.28. The summed E-state index contributed by atoms with van der Waals surface area (Å²) < 4.78 is 5.09. The van der Waals surface area contributed by atoms with Gasteiger partial charge in [-0.2, -0.15) is 5.26 Å². The van der Waals surface area contributed by atoms with Gasteiger partial charge in [0.2, 0.25) is 0 Å². The molecule has 0 aliphatic rings. The molecule has 0 radical (unpaired) electrons. The normalized spacial score (nSPS) is 11.6. The molecule has 1 aromatic rings. The first-order valence-corrected chi connectivity index (χ1v) is 5.70. The minimum Gasteiger partial charge on any atom is -0.497 e. The number of hydrogen-bond donors (Lipinski definition) is 0. The van der Waals surface area contributed by atoms with Crippen molar-refractivity contribution in [2.75, 3.05) is 7.11 Å². The summed E-state index contributed by atoms with van der Waals surface area (Å²) in [6, 6.07) is 7.47. The van der Waals surface area contributed by atoms with Crippen LogP contribution in [0, 0.1) is 11.3 Å². The molecule has 0 heterocycles. The Balaban J connectivity index is 3.18. The van der Waals surface area contributed by atoms with E-state index in [4.69, 9.17) is 10.00 Å². The Labute approximate surface area is 103 Å². The maximum absolute atomic E-state index is 11.3. The molecule has 0 aliphatic heterocycles. The molecule has 1 rings (SSSR count). The Kier molecular flexibility index (Phi) is 4.51. The number of halogens is 1. The van der Waals surface area contributed by atoms with Gasteiger partial charge < -0.3 is 4.74 Å². The van der Waals surface area contributed by atoms with E-state index in [-0.39, 0.29) is 17.0 Å². The Bertz CT molecular complexity index is 437. The molecular weight excluding hydrogens is 270 g/mol. The van der Waals surface area contributed by atoms with Crippen molar-refractivity contribution in [3.05, 3.63) is 29.3 Å². The van der Waals surface area contributed by atoms with Crippen molar-refractivity contribution in [1.29, 1.82) is 5.26 Å². The first kappa shape index (κ1) is 12.7. The summed E-state index contributed by atoms with van der Waals surface area (Å²) in [6.45, 7) is 1.51. The molecule has 84 valence electrons. The number of ketones is 1. The topological polar surface area (TPSA) is 50.1 Å². The van der Waals surface area contributed by atoms with E-state index in [1.807, 2.05) is 6.07 Å². The van der Waals surface area contributed by atoms with Gasteiger partial charge in [0.25, 0.3) is 0 Å². The fourth-order valence-electron chi connectivity index (χ4n) is 1.41. The van der Waals surface area contributed by atoms with E-state index in [9.17, 15) is 4.79 Å². The predicted octanol–water partition coefficient (Wildman–Crippen LogP) is 2.79. The third-order valence-electron chi connectivity index (χ3n) is 2.25. The van der Waals surface area contributed by atoms with Crippen molar-refractivity contribution < 1.29 is 9.53 Å². The van der Waals surface area contributed by atoms with Crippen LogP contribution < -0.4 is 4.74 Å². The van der Waals surface area contributed by atoms with Crippen LogP contribution in [-0.4, -0.2) is 12.9 Å². The van der Waals surface area contributed by atoms with Crippen LogP contribution in [0.15, 0.2) is 18.2 Å². The fourth-order valence-corrected chi connectivity index (χ4v) is 1.86. The zero-order chi connectivity index (χ0) is 12.1. The highest BCUT2D eigenvalue weighted by Crippen LogP contribution is 2.29. The maximum atomic E-state index is 11.3. The average molecular weight is 282 g/mol. The van der Waals surface area contributed by atoms with Crippen LogP contribution in [0.4, 0.5) is 0 Å². The number of rotatable bonds is 4. The number of ether oxygens (including phenoxy) is 1. The second-order valence-corrected chi connectivity index (χ2v) is 4.29. The van der Waals surface area contributed by atoms with Crippen molar-refractivity contribution in [2.24, 2.45) is 0 Å². The smallest absolute Gasteiger partial charge is 0.147 e. The zero-order valence-corrected chi connectivity index (χ0v) is 10.7. The quantitative estimate of drug-likeness (QED) is 0.798. The van der Waals surface area contributed by atoms with Gasteiger partial charge in [-0.15, -0.1) is 0 Å². The molecular formula is C12H12BrNO2. The summed E-state index contributed by atoms with van der Waals surface area (Å²) in [5.74, 6) is 0.710. The third-order valence-corrected chi connectivity index (χ3v) is 3.39. The van der Waals surface area contributed by atoms with Crippen LogP contribution in [0.5, 0.6) is 5.75 Å². The minimum atomic E-state index is -0.359. The number of benzene rings is 1. The van der Waals surface area contributed by atoms with Gasteiger partial charge in [0.15, 0.2) is 0 Å². The lowest BCUT2D eigenvalue weighted by atomic mass is 10.0. The van der Waals surface area contributed by atoms with Gasteiger partial charge in [-0.25, -0.2) is 0 Å². The molecule has 0 saturated heterocycles. The molecule has 3 nitrogen and oxygen atoms in total. The summed E-state index contributed by atoms with van der Waals surface area (Å²) in [5.41, 5.74) is 1.65. The number of nitriles is 1. The number of hydrogen-bond acceptors (Lipinski definition) is 3. The molecule has 0 amide bonds. The van der Waals surface area contributed by atoms with Gasteiger partial charge in [0, 0.05) is 0 Å². The van der Waals surface area contributed by atoms with Gasteiger partial charge in [-0.05, 0) is 30.2 Å². The van der Waals surface area contributed by atoms with Crippen molar-refractivity contribution in [1.82, 2.24) is 0 Å². The molecule has 0 aromatic heterocycles. The van der Waals surface area contributed by atoms with Crippen LogP contribution in [0.25, 0.3) is 0 Å². The summed E-state index contributed by atoms with van der Waals surface area (Å²) in [7, 11) is 1.57. The Morgan fingerprint density at radius 1 is 1.62 bits per heavy atom. The summed E-state index contributed by atoms with van der Waals surface area (Å²) in [5, 5.41) is 8.74. The van der Waals surface area contributed by atoms with Crippen LogP contribution in [-0.2, 0) is 11.2 Å². The predicted molar refractivity (Wildman–Crippen MR) is 64.7 cm³/mol. The molecule has 16 heavy (non-hydrogen) atoms. The number of methoxy groups -OCH3 is 1. The van der Waals surface area contributed by atoms with Gasteiger partial charge in [0.1, 0.15) is 11.5 Å². The lowest BCUT2D eigenvalue weighted by molar-refractivity contribution is -0.116. The maximum Gasteiger partial charge on any atom is 0.147 e. The molecule has 1 atom stereocenters. The van der Waals surface area contributed by atoms with Crippen LogP contribution in [0.1, 0.15) is 22.9 Å². The van der Waals surface area contributed by atoms with E-state index in [1.54, 1.807) is 19.2 Å². The second kappa shape index (κ2) is 5.66. The molecule has 1 aromatic carbocycles. The Morgan fingerprint density at radius 2 is 2.31 bits per heavy atom. The number of alkyl halides is 1. The van der Waals surface area contributed by atoms with Crippen LogP contribution in [0.2, 0.25) is 0 Å². The highest BCUT2D eigenvalue weighted by Gasteiger charge is 2.16. The highest BCUT2D eigenvalue weighted by molar-refractivity contribution is 9.09. The minimum absolute atomic E-state index is 0.0179. The summed E-state index contributed by atoms with van der Waals surface area (Å²) in [6.07, 6.45) is 0.266. The zero-order valence-electron chi connectivity index (χ0n) is 9.16. The number of carbonyl (C=O) groups excluding carboxylic acids is 1. The van der Waals surface area contributed by atoms with E-state index < -0.39 is 0 Å². The van der Waals surface area contributed by atoms with Crippen molar-refractivity contribution in [3.63, 3.8) is 0 Å². The Morgan fingerprint density at radius 3 is 2.81 bits per heavy atom. The van der Waals surface area contributed by atoms with E-state index in [0.717, 1.165) is 11.1 Å². The van der Waals surface area contributed by atoms with Crippen molar-refractivity contribution in [2.45, 2.75) is 18.2 Å². The molecule has 0 spiro atoms. The summed E-state index contributed by atoms with van der Waals surface area (Å²) >= 11 is 3.32. The first-order valence-electron chi connectivity index (χ1n) is 4.78. The molecule has 1 unspecified atom stereocenters. The molecule has 4 heteroatoms. The molecule has 0 bridgehead atoms. The van der Waals surface area contributed by atoms with Crippen LogP contribution in [0.3, 0.4) is 0 Å². The largest absolute Gasteiger partial charge is 0.497 e. The molecule has 0 fully saturated rings. The molecule has 0 aliphatic carbocycles. The highest BCUT2D eigenvalue weighted by atomic mass is 79.9.